The zero-order chi connectivity index (χ0) is 10.8. The summed E-state index contributed by atoms with van der Waals surface area (Å²) in [6.45, 7) is 0. The fraction of sp³-hybridized carbons (Fsp3) is 0.0909. The van der Waals surface area contributed by atoms with Gasteiger partial charge in [0, 0.05) is 11.6 Å². The zero-order valence-electron chi connectivity index (χ0n) is 8.10. The predicted molar refractivity (Wildman–Crippen MR) is 54.7 cm³/mol. The number of benzene rings is 1. The molecule has 4 heteroatoms. The molecular weight excluding hydrogens is 194 g/mol. The molecule has 4 nitrogen and oxygen atoms in total. The number of esters is 1. The second kappa shape index (κ2) is 3.57. The van der Waals surface area contributed by atoms with Gasteiger partial charge in [0.2, 0.25) is 0 Å². The maximum Gasteiger partial charge on any atom is 0.338 e. The average molecular weight is 203 g/mol. The topological polar surface area (TPSA) is 59.4 Å². The van der Waals surface area contributed by atoms with Gasteiger partial charge in [0.15, 0.2) is 0 Å². The Bertz CT molecular complexity index is 522. The number of nitrogens with zero attached hydrogens (tertiary/aromatic N) is 1. The second-order valence-corrected chi connectivity index (χ2v) is 3.06. The van der Waals surface area contributed by atoms with Crippen molar-refractivity contribution in [2.45, 2.75) is 0 Å². The monoisotopic (exact) mass is 203 g/mol. The number of ether oxygens (including phenoxy) is 1. The Morgan fingerprint density at radius 2 is 2.27 bits per heavy atom. The number of hydrogen-bond donors (Lipinski definition) is 1. The molecular formula is C11H9NO3. The van der Waals surface area contributed by atoms with Gasteiger partial charge in [0.1, 0.15) is 11.3 Å². The van der Waals surface area contributed by atoms with E-state index >= 15 is 0 Å². The lowest BCUT2D eigenvalue weighted by Crippen LogP contribution is -2.00. The highest BCUT2D eigenvalue weighted by atomic mass is 16.5. The summed E-state index contributed by atoms with van der Waals surface area (Å²) in [5, 5.41) is 10.3. The minimum atomic E-state index is -0.476. The molecule has 0 saturated carbocycles. The highest BCUT2D eigenvalue weighted by Crippen LogP contribution is 2.24. The number of carbonyl (C=O) groups is 1. The SMILES string of the molecule is COC(=O)c1cc(O)c2ncccc2c1. The normalized spacial score (nSPS) is 10.2. The Morgan fingerprint density at radius 1 is 1.47 bits per heavy atom. The molecule has 1 N–H and O–H groups in total. The van der Waals surface area contributed by atoms with E-state index in [-0.39, 0.29) is 5.75 Å². The number of aromatic nitrogens is 1. The molecule has 2 rings (SSSR count). The van der Waals surface area contributed by atoms with E-state index in [0.717, 1.165) is 0 Å². The molecule has 1 aromatic heterocycles. The maximum atomic E-state index is 11.3. The first kappa shape index (κ1) is 9.45. The number of phenols is 1. The molecule has 1 heterocycles. The molecule has 0 spiro atoms. The molecule has 0 fully saturated rings. The molecule has 0 aliphatic carbocycles. The third-order valence-corrected chi connectivity index (χ3v) is 2.11. The summed E-state index contributed by atoms with van der Waals surface area (Å²) in [5.74, 6) is -0.496. The Morgan fingerprint density at radius 3 is 3.00 bits per heavy atom. The quantitative estimate of drug-likeness (QED) is 0.717. The fourth-order valence-corrected chi connectivity index (χ4v) is 1.41. The molecule has 1 aromatic carbocycles. The fourth-order valence-electron chi connectivity index (χ4n) is 1.41. The number of aromatic hydroxyl groups is 1. The highest BCUT2D eigenvalue weighted by Gasteiger charge is 2.09. The van der Waals surface area contributed by atoms with E-state index in [0.29, 0.717) is 16.5 Å². The van der Waals surface area contributed by atoms with Crippen LogP contribution in [0, 0.1) is 0 Å². The van der Waals surface area contributed by atoms with Gasteiger partial charge >= 0.3 is 5.97 Å². The first-order valence-corrected chi connectivity index (χ1v) is 4.38. The third-order valence-electron chi connectivity index (χ3n) is 2.11. The minimum Gasteiger partial charge on any atom is -0.506 e. The predicted octanol–water partition coefficient (Wildman–Crippen LogP) is 1.73. The van der Waals surface area contributed by atoms with Crippen LogP contribution >= 0.6 is 0 Å². The minimum absolute atomic E-state index is 0.0199. The average Bonchev–Trinajstić information content (AvgIpc) is 2.28. The van der Waals surface area contributed by atoms with Crippen molar-refractivity contribution in [1.29, 1.82) is 0 Å². The van der Waals surface area contributed by atoms with Crippen molar-refractivity contribution in [2.24, 2.45) is 0 Å². The van der Waals surface area contributed by atoms with Crippen LogP contribution in [0.1, 0.15) is 10.4 Å². The molecule has 0 unspecified atom stereocenters. The zero-order valence-corrected chi connectivity index (χ0v) is 8.10. The van der Waals surface area contributed by atoms with E-state index in [4.69, 9.17) is 0 Å². The van der Waals surface area contributed by atoms with E-state index in [9.17, 15) is 9.90 Å². The summed E-state index contributed by atoms with van der Waals surface area (Å²) >= 11 is 0. The number of methoxy groups -OCH3 is 1. The van der Waals surface area contributed by atoms with Crippen LogP contribution in [0.25, 0.3) is 10.9 Å². The Hall–Kier alpha value is -2.10. The van der Waals surface area contributed by atoms with Gasteiger partial charge < -0.3 is 9.84 Å². The van der Waals surface area contributed by atoms with Crippen molar-refractivity contribution in [2.75, 3.05) is 7.11 Å². The summed E-state index contributed by atoms with van der Waals surface area (Å²) in [6.07, 6.45) is 1.58. The van der Waals surface area contributed by atoms with Gasteiger partial charge in [-0.2, -0.15) is 0 Å². The van der Waals surface area contributed by atoms with Crippen molar-refractivity contribution in [3.8, 4) is 5.75 Å². The number of carbonyl (C=O) groups excluding carboxylic acids is 1. The molecule has 0 aliphatic rings. The molecule has 2 aromatic rings. The van der Waals surface area contributed by atoms with Crippen LogP contribution in [-0.2, 0) is 4.74 Å². The highest BCUT2D eigenvalue weighted by molar-refractivity contribution is 5.96. The van der Waals surface area contributed by atoms with Crippen molar-refractivity contribution < 1.29 is 14.6 Å². The summed E-state index contributed by atoms with van der Waals surface area (Å²) in [6, 6.07) is 6.49. The summed E-state index contributed by atoms with van der Waals surface area (Å²) in [7, 11) is 1.30. The van der Waals surface area contributed by atoms with Crippen LogP contribution in [0.2, 0.25) is 0 Å². The lowest BCUT2D eigenvalue weighted by atomic mass is 10.1. The third kappa shape index (κ3) is 1.61. The largest absolute Gasteiger partial charge is 0.506 e. The number of pyridine rings is 1. The van der Waals surface area contributed by atoms with Gasteiger partial charge in [0.05, 0.1) is 12.7 Å². The second-order valence-electron chi connectivity index (χ2n) is 3.06. The number of hydrogen-bond acceptors (Lipinski definition) is 4. The van der Waals surface area contributed by atoms with Crippen LogP contribution < -0.4 is 0 Å². The van der Waals surface area contributed by atoms with Crippen LogP contribution in [0.5, 0.6) is 5.75 Å². The molecule has 0 bridgehead atoms. The molecule has 0 radical (unpaired) electrons. The van der Waals surface area contributed by atoms with Gasteiger partial charge in [-0.05, 0) is 18.2 Å². The van der Waals surface area contributed by atoms with E-state index in [1.54, 1.807) is 24.4 Å². The molecule has 0 atom stereocenters. The first-order valence-electron chi connectivity index (χ1n) is 4.38. The van der Waals surface area contributed by atoms with E-state index in [2.05, 4.69) is 9.72 Å². The van der Waals surface area contributed by atoms with Crippen molar-refractivity contribution in [1.82, 2.24) is 4.98 Å². The molecule has 0 aliphatic heterocycles. The van der Waals surface area contributed by atoms with Crippen LogP contribution in [-0.4, -0.2) is 23.2 Å². The molecule has 0 amide bonds. The summed E-state index contributed by atoms with van der Waals surface area (Å²) in [4.78, 5) is 15.3. The lowest BCUT2D eigenvalue weighted by Gasteiger charge is -2.03. The number of phenolic OH excluding ortho intramolecular Hbond substituents is 1. The Balaban J connectivity index is 2.67. The van der Waals surface area contributed by atoms with Gasteiger partial charge in [-0.25, -0.2) is 4.79 Å². The maximum absolute atomic E-state index is 11.3. The van der Waals surface area contributed by atoms with E-state index < -0.39 is 5.97 Å². The van der Waals surface area contributed by atoms with Gasteiger partial charge in [0.25, 0.3) is 0 Å². The first-order chi connectivity index (χ1) is 7.22. The Kier molecular flexibility index (Phi) is 2.25. The van der Waals surface area contributed by atoms with Crippen LogP contribution in [0.3, 0.4) is 0 Å². The summed E-state index contributed by atoms with van der Waals surface area (Å²) in [5.41, 5.74) is 0.792. The van der Waals surface area contributed by atoms with E-state index in [1.165, 1.54) is 13.2 Å². The number of fused-ring (bicyclic) bond motifs is 1. The smallest absolute Gasteiger partial charge is 0.338 e. The van der Waals surface area contributed by atoms with Gasteiger partial charge in [-0.3, -0.25) is 4.98 Å². The molecule has 76 valence electrons. The van der Waals surface area contributed by atoms with Crippen LogP contribution in [0.15, 0.2) is 30.5 Å². The molecule has 0 saturated heterocycles. The Labute approximate surface area is 86.1 Å². The molecule has 15 heavy (non-hydrogen) atoms. The lowest BCUT2D eigenvalue weighted by molar-refractivity contribution is 0.0600. The number of rotatable bonds is 1. The van der Waals surface area contributed by atoms with Crippen molar-refractivity contribution in [3.63, 3.8) is 0 Å². The van der Waals surface area contributed by atoms with Crippen molar-refractivity contribution in [3.05, 3.63) is 36.0 Å². The summed E-state index contributed by atoms with van der Waals surface area (Å²) < 4.78 is 4.57. The van der Waals surface area contributed by atoms with Crippen molar-refractivity contribution >= 4 is 16.9 Å². The standard InChI is InChI=1S/C11H9NO3/c1-15-11(14)8-5-7-3-2-4-12-10(7)9(13)6-8/h2-6,13H,1H3. The van der Waals surface area contributed by atoms with Crippen LogP contribution in [0.4, 0.5) is 0 Å². The van der Waals surface area contributed by atoms with E-state index in [1.807, 2.05) is 0 Å². The van der Waals surface area contributed by atoms with Gasteiger partial charge in [-0.15, -0.1) is 0 Å². The van der Waals surface area contributed by atoms with Gasteiger partial charge in [-0.1, -0.05) is 6.07 Å².